The molecule has 12 heteroatoms. The topological polar surface area (TPSA) is 114 Å². The molecule has 0 saturated carbocycles. The molecule has 0 aromatic heterocycles. The van der Waals surface area contributed by atoms with Crippen LogP contribution >= 0.6 is 0 Å². The van der Waals surface area contributed by atoms with Crippen molar-refractivity contribution in [1.82, 2.24) is 5.32 Å². The number of rotatable bonds is 5. The summed E-state index contributed by atoms with van der Waals surface area (Å²) in [4.78, 5) is 10.6. The summed E-state index contributed by atoms with van der Waals surface area (Å²) in [5.74, 6) is 0.313. The molecule has 0 aliphatic carbocycles. The average Bonchev–Trinajstić information content (AvgIpc) is 2.65. The standard InChI is InChI=1S/C18H17F3N2O6S/c1-28-14-6-7-15(16-13(14)8-12(9-29-16)22-17(24)25)30(26,27)23-11-4-2-10(3-5-11)18(19,20)21/h2-7,12,22-23H,8-9H2,1H3,(H,24,25)/t12-/m1/s1. The number of alkyl halides is 3. The molecular weight excluding hydrogens is 429 g/mol. The highest BCUT2D eigenvalue weighted by atomic mass is 32.2. The Labute approximate surface area is 169 Å². The Morgan fingerprint density at radius 2 is 1.87 bits per heavy atom. The smallest absolute Gasteiger partial charge is 0.416 e. The van der Waals surface area contributed by atoms with E-state index in [0.29, 0.717) is 11.3 Å². The van der Waals surface area contributed by atoms with E-state index in [1.807, 2.05) is 0 Å². The van der Waals surface area contributed by atoms with Gasteiger partial charge in [-0.15, -0.1) is 0 Å². The molecule has 1 amide bonds. The molecule has 1 atom stereocenters. The van der Waals surface area contributed by atoms with E-state index in [2.05, 4.69) is 10.0 Å². The van der Waals surface area contributed by atoms with Crippen molar-refractivity contribution in [3.05, 3.63) is 47.5 Å². The van der Waals surface area contributed by atoms with Crippen molar-refractivity contribution in [2.75, 3.05) is 18.4 Å². The van der Waals surface area contributed by atoms with Crippen molar-refractivity contribution >= 4 is 21.8 Å². The lowest BCUT2D eigenvalue weighted by Gasteiger charge is -2.28. The van der Waals surface area contributed by atoms with Crippen LogP contribution in [0.4, 0.5) is 23.7 Å². The molecule has 2 aromatic carbocycles. The van der Waals surface area contributed by atoms with E-state index in [1.165, 1.54) is 19.2 Å². The van der Waals surface area contributed by atoms with Crippen LogP contribution in [0.2, 0.25) is 0 Å². The van der Waals surface area contributed by atoms with Crippen LogP contribution in [0.1, 0.15) is 11.1 Å². The lowest BCUT2D eigenvalue weighted by Crippen LogP contribution is -2.42. The van der Waals surface area contributed by atoms with Crippen LogP contribution in [0.5, 0.6) is 11.5 Å². The second-order valence-corrected chi connectivity index (χ2v) is 8.07. The van der Waals surface area contributed by atoms with Gasteiger partial charge in [-0.05, 0) is 36.4 Å². The molecule has 8 nitrogen and oxygen atoms in total. The Morgan fingerprint density at radius 3 is 2.43 bits per heavy atom. The van der Waals surface area contributed by atoms with Gasteiger partial charge in [0.1, 0.15) is 23.0 Å². The van der Waals surface area contributed by atoms with Crippen LogP contribution < -0.4 is 19.5 Å². The molecule has 0 saturated heterocycles. The lowest BCUT2D eigenvalue weighted by molar-refractivity contribution is -0.137. The molecule has 1 aliphatic heterocycles. The number of methoxy groups -OCH3 is 1. The van der Waals surface area contributed by atoms with E-state index >= 15 is 0 Å². The maximum Gasteiger partial charge on any atom is 0.416 e. The summed E-state index contributed by atoms with van der Waals surface area (Å²) >= 11 is 0. The second kappa shape index (κ2) is 7.94. The van der Waals surface area contributed by atoms with E-state index in [1.54, 1.807) is 0 Å². The maximum absolute atomic E-state index is 12.9. The van der Waals surface area contributed by atoms with Gasteiger partial charge >= 0.3 is 12.3 Å². The Morgan fingerprint density at radius 1 is 1.20 bits per heavy atom. The molecule has 3 rings (SSSR count). The van der Waals surface area contributed by atoms with Crippen molar-refractivity contribution in [2.45, 2.75) is 23.5 Å². The monoisotopic (exact) mass is 446 g/mol. The van der Waals surface area contributed by atoms with E-state index < -0.39 is 33.9 Å². The second-order valence-electron chi connectivity index (χ2n) is 6.42. The van der Waals surface area contributed by atoms with Gasteiger partial charge < -0.3 is 19.9 Å². The normalized spacial score (nSPS) is 16.2. The van der Waals surface area contributed by atoms with E-state index in [4.69, 9.17) is 14.6 Å². The molecule has 1 aliphatic rings. The zero-order valence-corrected chi connectivity index (χ0v) is 16.3. The number of hydrogen-bond donors (Lipinski definition) is 3. The van der Waals surface area contributed by atoms with Gasteiger partial charge in [-0.2, -0.15) is 13.2 Å². The number of carboxylic acid groups (broad SMARTS) is 1. The zero-order valence-electron chi connectivity index (χ0n) is 15.5. The first-order valence-electron chi connectivity index (χ1n) is 8.53. The number of amides is 1. The highest BCUT2D eigenvalue weighted by molar-refractivity contribution is 7.92. The minimum atomic E-state index is -4.54. The number of anilines is 1. The van der Waals surface area contributed by atoms with Crippen LogP contribution in [0.15, 0.2) is 41.3 Å². The summed E-state index contributed by atoms with van der Waals surface area (Å²) in [6.07, 6.45) is -5.66. The molecule has 0 spiro atoms. The zero-order chi connectivity index (χ0) is 22.1. The Kier molecular flexibility index (Phi) is 5.70. The molecule has 0 fully saturated rings. The number of hydrogen-bond acceptors (Lipinski definition) is 5. The molecular formula is C18H17F3N2O6S. The maximum atomic E-state index is 12.9. The average molecular weight is 446 g/mol. The summed E-state index contributed by atoms with van der Waals surface area (Å²) < 4.78 is 76.7. The predicted octanol–water partition coefficient (Wildman–Crippen LogP) is 3.09. The minimum absolute atomic E-state index is 0.00259. The fourth-order valence-corrected chi connectivity index (χ4v) is 4.27. The van der Waals surface area contributed by atoms with Crippen molar-refractivity contribution in [3.8, 4) is 11.5 Å². The number of benzene rings is 2. The number of fused-ring (bicyclic) bond motifs is 1. The largest absolute Gasteiger partial charge is 0.496 e. The molecule has 30 heavy (non-hydrogen) atoms. The fraction of sp³-hybridized carbons (Fsp3) is 0.278. The summed E-state index contributed by atoms with van der Waals surface area (Å²) in [6, 6.07) is 5.57. The summed E-state index contributed by atoms with van der Waals surface area (Å²) in [7, 11) is -2.84. The Balaban J connectivity index is 1.92. The van der Waals surface area contributed by atoms with Gasteiger partial charge in [0.2, 0.25) is 0 Å². The van der Waals surface area contributed by atoms with E-state index in [9.17, 15) is 26.4 Å². The quantitative estimate of drug-likeness (QED) is 0.651. The van der Waals surface area contributed by atoms with Crippen molar-refractivity contribution in [2.24, 2.45) is 0 Å². The third-order valence-electron chi connectivity index (χ3n) is 4.36. The summed E-state index contributed by atoms with van der Waals surface area (Å²) in [5.41, 5.74) is -0.612. The van der Waals surface area contributed by atoms with Gasteiger partial charge in [0.05, 0.1) is 18.7 Å². The highest BCUT2D eigenvalue weighted by Gasteiger charge is 2.32. The van der Waals surface area contributed by atoms with Gasteiger partial charge in [-0.25, -0.2) is 13.2 Å². The van der Waals surface area contributed by atoms with Crippen molar-refractivity contribution < 1.29 is 41.0 Å². The third-order valence-corrected chi connectivity index (χ3v) is 5.77. The first-order chi connectivity index (χ1) is 14.0. The third kappa shape index (κ3) is 4.53. The molecule has 0 unspecified atom stereocenters. The van der Waals surface area contributed by atoms with Crippen molar-refractivity contribution in [3.63, 3.8) is 0 Å². The molecule has 2 aromatic rings. The van der Waals surface area contributed by atoms with Gasteiger partial charge in [0.15, 0.2) is 0 Å². The van der Waals surface area contributed by atoms with E-state index in [0.717, 1.165) is 24.3 Å². The molecule has 0 radical (unpaired) electrons. The number of carbonyl (C=O) groups is 1. The number of sulfonamides is 1. The molecule has 3 N–H and O–H groups in total. The Hall–Kier alpha value is -3.15. The van der Waals surface area contributed by atoms with Crippen LogP contribution in [0, 0.1) is 0 Å². The van der Waals surface area contributed by atoms with Gasteiger partial charge in [0.25, 0.3) is 10.0 Å². The number of ether oxygens (including phenoxy) is 2. The molecule has 0 bridgehead atoms. The van der Waals surface area contributed by atoms with Crippen LogP contribution in [0.3, 0.4) is 0 Å². The molecule has 1 heterocycles. The van der Waals surface area contributed by atoms with E-state index in [-0.39, 0.29) is 29.4 Å². The Bertz CT molecular complexity index is 1050. The van der Waals surface area contributed by atoms with Crippen LogP contribution in [-0.4, -0.2) is 39.4 Å². The van der Waals surface area contributed by atoms with Gasteiger partial charge in [-0.3, -0.25) is 4.72 Å². The first kappa shape index (κ1) is 21.6. The first-order valence-corrected chi connectivity index (χ1v) is 10.0. The van der Waals surface area contributed by atoms with Gasteiger partial charge in [0, 0.05) is 17.7 Å². The number of halogens is 3. The van der Waals surface area contributed by atoms with Gasteiger partial charge in [-0.1, -0.05) is 0 Å². The summed E-state index contributed by atoms with van der Waals surface area (Å²) in [6.45, 7) is -0.102. The highest BCUT2D eigenvalue weighted by Crippen LogP contribution is 2.39. The molecule has 162 valence electrons. The SMILES string of the molecule is COc1ccc(S(=O)(=O)Nc2ccc(C(F)(F)F)cc2)c2c1C[C@@H](NC(=O)O)CO2. The summed E-state index contributed by atoms with van der Waals surface area (Å²) in [5, 5.41) is 11.2. The lowest BCUT2D eigenvalue weighted by atomic mass is 10.0. The van der Waals surface area contributed by atoms with Crippen molar-refractivity contribution in [1.29, 1.82) is 0 Å². The van der Waals surface area contributed by atoms with Crippen LogP contribution in [-0.2, 0) is 22.6 Å². The predicted molar refractivity (Wildman–Crippen MR) is 99.4 cm³/mol. The van der Waals surface area contributed by atoms with Crippen LogP contribution in [0.25, 0.3) is 0 Å². The minimum Gasteiger partial charge on any atom is -0.496 e. The number of nitrogens with one attached hydrogen (secondary N) is 2. The fourth-order valence-electron chi connectivity index (χ4n) is 3.04.